The molecule has 0 atom stereocenters. The Bertz CT molecular complexity index is 1300. The standard InChI is InChI=1S/C29H42FN9O4/c30-18-24(40)32-11-3-12-34-29-37-26(25-27(38-29)39(20-36-25)23-4-1-2-5-23)35-19-21-6-8-22(9-7-21)28(41)33-13-15-43-17-16-42-14-10-31/h6-9,20,23H,1-5,10-19,31H2,(H,32,40)(H,33,41)(H2,34,35,37,38). The molecule has 2 aromatic heterocycles. The summed E-state index contributed by atoms with van der Waals surface area (Å²) in [7, 11) is 0. The number of aromatic nitrogens is 4. The van der Waals surface area contributed by atoms with Gasteiger partial charge in [0.25, 0.3) is 11.8 Å². The maximum atomic E-state index is 12.5. The number of hydrogen-bond acceptors (Lipinski definition) is 10. The molecule has 6 N–H and O–H groups in total. The van der Waals surface area contributed by atoms with Crippen LogP contribution in [0.2, 0.25) is 0 Å². The average molecular weight is 600 g/mol. The zero-order valence-electron chi connectivity index (χ0n) is 24.4. The number of nitrogens with one attached hydrogen (secondary N) is 4. The van der Waals surface area contributed by atoms with E-state index in [0.29, 0.717) is 94.5 Å². The highest BCUT2D eigenvalue weighted by Gasteiger charge is 2.22. The third kappa shape index (κ3) is 9.83. The monoisotopic (exact) mass is 599 g/mol. The molecule has 0 unspecified atom stereocenters. The Morgan fingerprint density at radius 2 is 1.72 bits per heavy atom. The molecule has 1 saturated carbocycles. The van der Waals surface area contributed by atoms with Gasteiger partial charge in [-0.25, -0.2) is 9.37 Å². The predicted molar refractivity (Wildman–Crippen MR) is 162 cm³/mol. The Hall–Kier alpha value is -3.88. The summed E-state index contributed by atoms with van der Waals surface area (Å²) in [4.78, 5) is 37.7. The lowest BCUT2D eigenvalue weighted by Gasteiger charge is -2.14. The van der Waals surface area contributed by atoms with Gasteiger partial charge < -0.3 is 41.0 Å². The van der Waals surface area contributed by atoms with E-state index >= 15 is 0 Å². The molecule has 2 heterocycles. The fourth-order valence-corrected chi connectivity index (χ4v) is 4.84. The number of alkyl halides is 1. The van der Waals surface area contributed by atoms with Crippen molar-refractivity contribution >= 4 is 34.7 Å². The fourth-order valence-electron chi connectivity index (χ4n) is 4.84. The molecule has 13 nitrogen and oxygen atoms in total. The van der Waals surface area contributed by atoms with Crippen molar-refractivity contribution in [1.29, 1.82) is 0 Å². The van der Waals surface area contributed by atoms with Crippen LogP contribution in [0.15, 0.2) is 30.6 Å². The summed E-state index contributed by atoms with van der Waals surface area (Å²) in [6, 6.07) is 7.72. The highest BCUT2D eigenvalue weighted by molar-refractivity contribution is 5.94. The van der Waals surface area contributed by atoms with Crippen molar-refractivity contribution in [1.82, 2.24) is 30.2 Å². The van der Waals surface area contributed by atoms with Crippen molar-refractivity contribution in [3.8, 4) is 0 Å². The number of anilines is 2. The van der Waals surface area contributed by atoms with Gasteiger partial charge in [-0.15, -0.1) is 0 Å². The van der Waals surface area contributed by atoms with Crippen molar-refractivity contribution in [2.75, 3.05) is 69.9 Å². The molecule has 1 aromatic carbocycles. The molecule has 43 heavy (non-hydrogen) atoms. The van der Waals surface area contributed by atoms with Crippen LogP contribution >= 0.6 is 0 Å². The normalized spacial score (nSPS) is 13.3. The van der Waals surface area contributed by atoms with Crippen LogP contribution in [0.3, 0.4) is 0 Å². The third-order valence-electron chi connectivity index (χ3n) is 7.06. The molecule has 0 aliphatic heterocycles. The molecule has 0 saturated heterocycles. The van der Waals surface area contributed by atoms with Crippen LogP contribution in [0.5, 0.6) is 0 Å². The predicted octanol–water partition coefficient (Wildman–Crippen LogP) is 2.16. The maximum absolute atomic E-state index is 12.5. The number of nitrogens with zero attached hydrogens (tertiary/aromatic N) is 4. The Labute approximate surface area is 250 Å². The van der Waals surface area contributed by atoms with Crippen molar-refractivity contribution in [3.05, 3.63) is 41.7 Å². The summed E-state index contributed by atoms with van der Waals surface area (Å²) in [5, 5.41) is 12.0. The number of ether oxygens (including phenoxy) is 2. The molecule has 1 fully saturated rings. The third-order valence-corrected chi connectivity index (χ3v) is 7.06. The molecule has 0 bridgehead atoms. The summed E-state index contributed by atoms with van der Waals surface area (Å²) in [5.41, 5.74) is 8.35. The quantitative estimate of drug-likeness (QED) is 0.129. The van der Waals surface area contributed by atoms with E-state index in [4.69, 9.17) is 20.2 Å². The number of rotatable bonds is 19. The van der Waals surface area contributed by atoms with E-state index in [2.05, 4.69) is 35.8 Å². The van der Waals surface area contributed by atoms with Crippen LogP contribution in [0.25, 0.3) is 11.2 Å². The largest absolute Gasteiger partial charge is 0.378 e. The zero-order valence-corrected chi connectivity index (χ0v) is 24.4. The van der Waals surface area contributed by atoms with Crippen LogP contribution < -0.4 is 27.0 Å². The maximum Gasteiger partial charge on any atom is 0.251 e. The number of amides is 2. The minimum absolute atomic E-state index is 0.169. The number of benzene rings is 1. The Morgan fingerprint density at radius 3 is 2.47 bits per heavy atom. The molecule has 0 spiro atoms. The van der Waals surface area contributed by atoms with Crippen LogP contribution in [-0.2, 0) is 20.8 Å². The van der Waals surface area contributed by atoms with Gasteiger partial charge in [-0.2, -0.15) is 9.97 Å². The van der Waals surface area contributed by atoms with E-state index < -0.39 is 12.6 Å². The van der Waals surface area contributed by atoms with E-state index in [1.54, 1.807) is 12.1 Å². The lowest BCUT2D eigenvalue weighted by atomic mass is 10.1. The molecule has 14 heteroatoms. The van der Waals surface area contributed by atoms with Crippen LogP contribution in [0.4, 0.5) is 16.2 Å². The van der Waals surface area contributed by atoms with Gasteiger partial charge in [-0.05, 0) is 37.0 Å². The molecule has 0 radical (unpaired) electrons. The van der Waals surface area contributed by atoms with E-state index in [-0.39, 0.29) is 5.91 Å². The van der Waals surface area contributed by atoms with Gasteiger partial charge >= 0.3 is 0 Å². The van der Waals surface area contributed by atoms with Crippen molar-refractivity contribution in [2.24, 2.45) is 5.73 Å². The Kier molecular flexibility index (Phi) is 12.9. The minimum atomic E-state index is -1.02. The van der Waals surface area contributed by atoms with Gasteiger partial charge in [0, 0.05) is 44.3 Å². The van der Waals surface area contributed by atoms with E-state index in [0.717, 1.165) is 24.1 Å². The summed E-state index contributed by atoms with van der Waals surface area (Å²) >= 11 is 0. The fraction of sp³-hybridized carbons (Fsp3) is 0.552. The molecule has 2 amide bonds. The molecule has 234 valence electrons. The van der Waals surface area contributed by atoms with Crippen LogP contribution in [0, 0.1) is 0 Å². The lowest BCUT2D eigenvalue weighted by molar-refractivity contribution is -0.121. The van der Waals surface area contributed by atoms with Gasteiger partial charge in [0.2, 0.25) is 5.95 Å². The van der Waals surface area contributed by atoms with Gasteiger partial charge in [0.1, 0.15) is 0 Å². The second-order valence-corrected chi connectivity index (χ2v) is 10.2. The highest BCUT2D eigenvalue weighted by atomic mass is 19.1. The Morgan fingerprint density at radius 1 is 0.953 bits per heavy atom. The first-order chi connectivity index (χ1) is 21.1. The summed E-state index contributed by atoms with van der Waals surface area (Å²) in [6.07, 6.45) is 6.98. The first kappa shape index (κ1) is 32.0. The summed E-state index contributed by atoms with van der Waals surface area (Å²) in [5.74, 6) is 0.261. The first-order valence-electron chi connectivity index (χ1n) is 14.9. The smallest absolute Gasteiger partial charge is 0.251 e. The summed E-state index contributed by atoms with van der Waals surface area (Å²) < 4.78 is 25.2. The first-order valence-corrected chi connectivity index (χ1v) is 14.9. The minimum Gasteiger partial charge on any atom is -0.378 e. The number of fused-ring (bicyclic) bond motifs is 1. The molecule has 4 rings (SSSR count). The number of hydrogen-bond donors (Lipinski definition) is 5. The molecule has 3 aromatic rings. The number of imidazole rings is 1. The van der Waals surface area contributed by atoms with Crippen molar-refractivity contribution < 1.29 is 23.5 Å². The van der Waals surface area contributed by atoms with Crippen LogP contribution in [0.1, 0.15) is 54.1 Å². The molecular formula is C29H42FN9O4. The van der Waals surface area contributed by atoms with Gasteiger partial charge in [-0.3, -0.25) is 9.59 Å². The molecule has 1 aliphatic carbocycles. The van der Waals surface area contributed by atoms with E-state index in [9.17, 15) is 14.0 Å². The van der Waals surface area contributed by atoms with Crippen LogP contribution in [-0.4, -0.2) is 90.6 Å². The lowest BCUT2D eigenvalue weighted by Crippen LogP contribution is -2.27. The van der Waals surface area contributed by atoms with E-state index in [1.165, 1.54) is 12.8 Å². The number of carbonyl (C=O) groups is 2. The van der Waals surface area contributed by atoms with Gasteiger partial charge in [0.15, 0.2) is 23.7 Å². The highest BCUT2D eigenvalue weighted by Crippen LogP contribution is 2.33. The number of carbonyl (C=O) groups excluding carboxylic acids is 2. The van der Waals surface area contributed by atoms with Gasteiger partial charge in [-0.1, -0.05) is 25.0 Å². The molecule has 1 aliphatic rings. The average Bonchev–Trinajstić information content (AvgIpc) is 3.71. The van der Waals surface area contributed by atoms with Gasteiger partial charge in [0.05, 0.1) is 32.8 Å². The summed E-state index contributed by atoms with van der Waals surface area (Å²) in [6.45, 7) is 3.03. The number of nitrogens with two attached hydrogens (primary N) is 1. The van der Waals surface area contributed by atoms with Crippen molar-refractivity contribution in [3.63, 3.8) is 0 Å². The number of halogens is 1. The Balaban J connectivity index is 1.33. The zero-order chi connectivity index (χ0) is 30.3. The SMILES string of the molecule is NCCOCCOCCNC(=O)c1ccc(CNc2nc(NCCCNC(=O)CF)nc3c2ncn3C2CCCC2)cc1. The molecular weight excluding hydrogens is 557 g/mol. The van der Waals surface area contributed by atoms with E-state index in [1.807, 2.05) is 18.5 Å². The second kappa shape index (κ2) is 17.3. The van der Waals surface area contributed by atoms with Crippen molar-refractivity contribution in [2.45, 2.75) is 44.7 Å². The topological polar surface area (TPSA) is 170 Å². The second-order valence-electron chi connectivity index (χ2n) is 10.2.